The zero-order valence-corrected chi connectivity index (χ0v) is 14.5. The molecule has 0 amide bonds. The number of carbonyl (C=O) groups excluding carboxylic acids is 1. The van der Waals surface area contributed by atoms with Gasteiger partial charge in [-0.1, -0.05) is 13.8 Å². The van der Waals surface area contributed by atoms with Crippen molar-refractivity contribution in [2.75, 3.05) is 13.1 Å². The summed E-state index contributed by atoms with van der Waals surface area (Å²) in [5, 5.41) is 11.2. The lowest BCUT2D eigenvalue weighted by atomic mass is 9.91. The van der Waals surface area contributed by atoms with Gasteiger partial charge in [0.15, 0.2) is 11.4 Å². The van der Waals surface area contributed by atoms with Crippen LogP contribution >= 0.6 is 0 Å². The molecule has 1 aliphatic rings. The van der Waals surface area contributed by atoms with Crippen molar-refractivity contribution in [3.05, 3.63) is 17.8 Å². The molecule has 24 heavy (non-hydrogen) atoms. The van der Waals surface area contributed by atoms with Crippen LogP contribution in [0.3, 0.4) is 0 Å². The molecule has 3 heterocycles. The smallest absolute Gasteiger partial charge is 0.215 e. The molecule has 2 N–H and O–H groups in total. The number of aromatic nitrogens is 3. The van der Waals surface area contributed by atoms with Gasteiger partial charge >= 0.3 is 0 Å². The molecule has 2 aromatic rings. The number of H-pyrrole nitrogens is 1. The Bertz CT molecular complexity index is 687. The monoisotopic (exact) mass is 330 g/mol. The molecule has 6 heteroatoms. The quantitative estimate of drug-likeness (QED) is 0.763. The standard InChI is InChI=1S/C18H26N4O2/c1-3-13(4-2)24-16-6-5-14-17(21-22-18(14)20-16)15(23)11-12-7-9-19-10-8-12/h5-6,12-13,19H,3-4,7-11H2,1-2H3,(H,20,21,22). The first-order chi connectivity index (χ1) is 11.7. The van der Waals surface area contributed by atoms with Crippen LogP contribution < -0.4 is 10.1 Å². The van der Waals surface area contributed by atoms with Crippen LogP contribution in [0.5, 0.6) is 5.88 Å². The van der Waals surface area contributed by atoms with E-state index in [0.717, 1.165) is 44.2 Å². The van der Waals surface area contributed by atoms with Gasteiger partial charge in [-0.2, -0.15) is 10.1 Å². The van der Waals surface area contributed by atoms with Gasteiger partial charge in [0.2, 0.25) is 5.88 Å². The number of nitrogens with one attached hydrogen (secondary N) is 2. The number of ketones is 1. The largest absolute Gasteiger partial charge is 0.474 e. The molecule has 1 saturated heterocycles. The number of aromatic amines is 1. The molecule has 0 aliphatic carbocycles. The van der Waals surface area contributed by atoms with Crippen molar-refractivity contribution >= 4 is 16.8 Å². The number of rotatable bonds is 7. The van der Waals surface area contributed by atoms with Crippen LogP contribution in [0.1, 0.15) is 56.4 Å². The topological polar surface area (TPSA) is 79.9 Å². The second kappa shape index (κ2) is 7.75. The Morgan fingerprint density at radius 3 is 2.75 bits per heavy atom. The Kier molecular flexibility index (Phi) is 5.45. The van der Waals surface area contributed by atoms with E-state index in [4.69, 9.17) is 4.74 Å². The van der Waals surface area contributed by atoms with Gasteiger partial charge in [-0.25, -0.2) is 0 Å². The summed E-state index contributed by atoms with van der Waals surface area (Å²) >= 11 is 0. The second-order valence-corrected chi connectivity index (χ2v) is 6.50. The zero-order valence-electron chi connectivity index (χ0n) is 14.5. The van der Waals surface area contributed by atoms with E-state index in [-0.39, 0.29) is 11.9 Å². The molecule has 0 aromatic carbocycles. The molecular weight excluding hydrogens is 304 g/mol. The Labute approximate surface area is 142 Å². The predicted octanol–water partition coefficient (Wildman–Crippen LogP) is 3.10. The highest BCUT2D eigenvalue weighted by atomic mass is 16.5. The number of hydrogen-bond acceptors (Lipinski definition) is 5. The Morgan fingerprint density at radius 2 is 2.04 bits per heavy atom. The van der Waals surface area contributed by atoms with Crippen molar-refractivity contribution in [1.82, 2.24) is 20.5 Å². The van der Waals surface area contributed by atoms with Gasteiger partial charge in [-0.05, 0) is 50.8 Å². The first-order valence-electron chi connectivity index (χ1n) is 8.97. The maximum absolute atomic E-state index is 12.6. The highest BCUT2D eigenvalue weighted by Crippen LogP contribution is 2.23. The van der Waals surface area contributed by atoms with Crippen molar-refractivity contribution in [1.29, 1.82) is 0 Å². The van der Waals surface area contributed by atoms with E-state index in [1.54, 1.807) is 0 Å². The summed E-state index contributed by atoms with van der Waals surface area (Å²) in [5.41, 5.74) is 1.12. The van der Waals surface area contributed by atoms with E-state index in [2.05, 4.69) is 34.3 Å². The Hall–Kier alpha value is -1.95. The van der Waals surface area contributed by atoms with Gasteiger partial charge in [0, 0.05) is 17.9 Å². The van der Waals surface area contributed by atoms with Gasteiger partial charge in [-0.15, -0.1) is 0 Å². The molecule has 0 saturated carbocycles. The molecule has 0 unspecified atom stereocenters. The molecule has 1 aliphatic heterocycles. The molecule has 0 spiro atoms. The molecule has 3 rings (SSSR count). The minimum Gasteiger partial charge on any atom is -0.474 e. The van der Waals surface area contributed by atoms with Crippen molar-refractivity contribution in [3.63, 3.8) is 0 Å². The highest BCUT2D eigenvalue weighted by Gasteiger charge is 2.21. The van der Waals surface area contributed by atoms with Gasteiger partial charge in [0.25, 0.3) is 0 Å². The van der Waals surface area contributed by atoms with E-state index in [0.29, 0.717) is 29.6 Å². The zero-order chi connectivity index (χ0) is 16.9. The van der Waals surface area contributed by atoms with Crippen LogP contribution in [0, 0.1) is 5.92 Å². The summed E-state index contributed by atoms with van der Waals surface area (Å²) in [6.45, 7) is 6.19. The predicted molar refractivity (Wildman–Crippen MR) is 93.4 cm³/mol. The fourth-order valence-electron chi connectivity index (χ4n) is 3.23. The van der Waals surface area contributed by atoms with Gasteiger partial charge < -0.3 is 10.1 Å². The number of carbonyl (C=O) groups is 1. The number of piperidine rings is 1. The lowest BCUT2D eigenvalue weighted by molar-refractivity contribution is 0.0949. The van der Waals surface area contributed by atoms with Crippen LogP contribution in [-0.2, 0) is 0 Å². The fourth-order valence-corrected chi connectivity index (χ4v) is 3.23. The number of pyridine rings is 1. The van der Waals surface area contributed by atoms with Crippen LogP contribution in [-0.4, -0.2) is 40.2 Å². The van der Waals surface area contributed by atoms with Crippen LogP contribution in [0.4, 0.5) is 0 Å². The summed E-state index contributed by atoms with van der Waals surface area (Å²) in [6.07, 6.45) is 4.74. The number of Topliss-reactive ketones (excluding diaryl/α,β-unsaturated/α-hetero) is 1. The lowest BCUT2D eigenvalue weighted by Crippen LogP contribution is -2.29. The fraction of sp³-hybridized carbons (Fsp3) is 0.611. The molecule has 0 radical (unpaired) electrons. The number of nitrogens with zero attached hydrogens (tertiary/aromatic N) is 2. The van der Waals surface area contributed by atoms with Gasteiger partial charge in [-0.3, -0.25) is 9.89 Å². The third-order valence-electron chi connectivity index (χ3n) is 4.80. The van der Waals surface area contributed by atoms with Crippen LogP contribution in [0.2, 0.25) is 0 Å². The second-order valence-electron chi connectivity index (χ2n) is 6.50. The number of ether oxygens (including phenoxy) is 1. The van der Waals surface area contributed by atoms with E-state index in [9.17, 15) is 4.79 Å². The molecule has 0 atom stereocenters. The summed E-state index contributed by atoms with van der Waals surface area (Å²) in [7, 11) is 0. The lowest BCUT2D eigenvalue weighted by Gasteiger charge is -2.21. The number of fused-ring (bicyclic) bond motifs is 1. The molecule has 2 aromatic heterocycles. The normalized spacial score (nSPS) is 16.0. The SMILES string of the molecule is CCC(CC)Oc1ccc2c(C(=O)CC3CCNCC3)[nH]nc2n1. The van der Waals surface area contributed by atoms with Crippen LogP contribution in [0.15, 0.2) is 12.1 Å². The average Bonchev–Trinajstić information content (AvgIpc) is 3.03. The Morgan fingerprint density at radius 1 is 1.29 bits per heavy atom. The molecular formula is C18H26N4O2. The maximum atomic E-state index is 12.6. The number of hydrogen-bond donors (Lipinski definition) is 2. The average molecular weight is 330 g/mol. The summed E-state index contributed by atoms with van der Waals surface area (Å²) in [4.78, 5) is 17.0. The van der Waals surface area contributed by atoms with Gasteiger partial charge in [0.1, 0.15) is 5.69 Å². The molecule has 130 valence electrons. The maximum Gasteiger partial charge on any atom is 0.215 e. The van der Waals surface area contributed by atoms with E-state index >= 15 is 0 Å². The minimum atomic E-state index is 0.125. The van der Waals surface area contributed by atoms with E-state index < -0.39 is 0 Å². The van der Waals surface area contributed by atoms with E-state index in [1.165, 1.54) is 0 Å². The van der Waals surface area contributed by atoms with Gasteiger partial charge in [0.05, 0.1) is 6.10 Å². The Balaban J connectivity index is 1.74. The first-order valence-corrected chi connectivity index (χ1v) is 8.97. The van der Waals surface area contributed by atoms with Crippen molar-refractivity contribution in [2.45, 2.75) is 52.1 Å². The van der Waals surface area contributed by atoms with Crippen molar-refractivity contribution in [2.24, 2.45) is 5.92 Å². The molecule has 6 nitrogen and oxygen atoms in total. The molecule has 1 fully saturated rings. The third-order valence-corrected chi connectivity index (χ3v) is 4.80. The summed E-state index contributed by atoms with van der Waals surface area (Å²) in [6, 6.07) is 3.72. The highest BCUT2D eigenvalue weighted by molar-refractivity contribution is 6.05. The summed E-state index contributed by atoms with van der Waals surface area (Å²) < 4.78 is 5.86. The minimum absolute atomic E-state index is 0.125. The van der Waals surface area contributed by atoms with Crippen LogP contribution in [0.25, 0.3) is 11.0 Å². The van der Waals surface area contributed by atoms with Crippen molar-refractivity contribution < 1.29 is 9.53 Å². The third kappa shape index (κ3) is 3.75. The van der Waals surface area contributed by atoms with Crippen molar-refractivity contribution in [3.8, 4) is 5.88 Å². The van der Waals surface area contributed by atoms with E-state index in [1.807, 2.05) is 12.1 Å². The summed E-state index contributed by atoms with van der Waals surface area (Å²) in [5.74, 6) is 1.16. The first kappa shape index (κ1) is 16.9. The molecule has 0 bridgehead atoms.